The highest BCUT2D eigenvalue weighted by atomic mass is 15.1. The van der Waals surface area contributed by atoms with Gasteiger partial charge in [-0.2, -0.15) is 0 Å². The summed E-state index contributed by atoms with van der Waals surface area (Å²) in [5, 5.41) is 4.93. The van der Waals surface area contributed by atoms with Crippen LogP contribution >= 0.6 is 0 Å². The molecule has 0 spiro atoms. The molecule has 1 nitrogen and oxygen atoms in total. The fourth-order valence-electron chi connectivity index (χ4n) is 12.5. The van der Waals surface area contributed by atoms with E-state index in [0.717, 1.165) is 28.2 Å². The van der Waals surface area contributed by atoms with Crippen molar-refractivity contribution >= 4 is 38.6 Å². The third-order valence-electron chi connectivity index (χ3n) is 15.7. The Kier molecular flexibility index (Phi) is 11.2. The first-order chi connectivity index (χ1) is 37.7. The first-order valence-corrected chi connectivity index (χ1v) is 26.3. The molecule has 0 atom stereocenters. The van der Waals surface area contributed by atoms with Crippen LogP contribution in [0.4, 0.5) is 17.1 Å². The zero-order chi connectivity index (χ0) is 50.4. The Balaban J connectivity index is 1.04. The Morgan fingerprint density at radius 1 is 0.224 bits per heavy atom. The maximum atomic E-state index is 2.50. The molecule has 13 aromatic rings. The van der Waals surface area contributed by atoms with Crippen LogP contribution in [-0.2, 0) is 5.41 Å². The second-order valence-corrected chi connectivity index (χ2v) is 19.9. The Labute approximate surface area is 444 Å². The number of nitrogens with zero attached hydrogens (tertiary/aromatic N) is 1. The van der Waals surface area contributed by atoms with Gasteiger partial charge >= 0.3 is 0 Å². The molecule has 0 aliphatic heterocycles. The van der Waals surface area contributed by atoms with Gasteiger partial charge in [-0.3, -0.25) is 0 Å². The lowest BCUT2D eigenvalue weighted by Crippen LogP contribution is -2.28. The molecular weight excluding hydrogens is 915 g/mol. The van der Waals surface area contributed by atoms with Gasteiger partial charge in [0.15, 0.2) is 0 Å². The van der Waals surface area contributed by atoms with E-state index in [2.05, 4.69) is 314 Å². The predicted octanol–water partition coefficient (Wildman–Crippen LogP) is 20.2. The second kappa shape index (κ2) is 18.9. The van der Waals surface area contributed by atoms with Gasteiger partial charge in [0.2, 0.25) is 0 Å². The highest BCUT2D eigenvalue weighted by molar-refractivity contribution is 6.22. The van der Waals surface area contributed by atoms with Crippen LogP contribution < -0.4 is 4.90 Å². The lowest BCUT2D eigenvalue weighted by molar-refractivity contribution is 0.768. The van der Waals surface area contributed by atoms with Gasteiger partial charge in [0.1, 0.15) is 0 Å². The van der Waals surface area contributed by atoms with Crippen LogP contribution in [0.2, 0.25) is 0 Å². The summed E-state index contributed by atoms with van der Waals surface area (Å²) in [7, 11) is 0. The summed E-state index contributed by atoms with van der Waals surface area (Å²) in [6.45, 7) is 0. The van der Waals surface area contributed by atoms with E-state index < -0.39 is 5.41 Å². The maximum absolute atomic E-state index is 2.50. The predicted molar refractivity (Wildman–Crippen MR) is 321 cm³/mol. The van der Waals surface area contributed by atoms with Gasteiger partial charge in [-0.15, -0.1) is 0 Å². The average Bonchev–Trinajstić information content (AvgIpc) is 4.01. The number of benzene rings is 13. The molecule has 0 fully saturated rings. The van der Waals surface area contributed by atoms with E-state index in [-0.39, 0.29) is 0 Å². The SMILES string of the molecule is c1ccc(-c2ccc(N(c3ccc4c(c3)-c3ccccc3C4(c3ccccc3)c3ccccc3)c3ccccc3-c3ccc4c(c3)c(-c3ccccc3)c(-c3ccccc3)c3ccccc34)cc2-c2ccccc2)cc1. The molecular formula is C75H51N. The number of rotatable bonds is 10. The van der Waals surface area contributed by atoms with Crippen LogP contribution in [0.15, 0.2) is 309 Å². The Bertz CT molecular complexity index is 4210. The molecule has 0 radical (unpaired) electrons. The smallest absolute Gasteiger partial charge is 0.0713 e. The summed E-state index contributed by atoms with van der Waals surface area (Å²) in [6.07, 6.45) is 0. The van der Waals surface area contributed by atoms with Crippen molar-refractivity contribution in [3.8, 4) is 66.8 Å². The summed E-state index contributed by atoms with van der Waals surface area (Å²) in [4.78, 5) is 2.50. The fourth-order valence-corrected chi connectivity index (χ4v) is 12.5. The van der Waals surface area contributed by atoms with Crippen LogP contribution in [-0.4, -0.2) is 0 Å². The van der Waals surface area contributed by atoms with Gasteiger partial charge in [0.25, 0.3) is 0 Å². The first-order valence-electron chi connectivity index (χ1n) is 26.3. The number of hydrogen-bond acceptors (Lipinski definition) is 1. The first kappa shape index (κ1) is 44.8. The van der Waals surface area contributed by atoms with Gasteiger partial charge in [0.05, 0.1) is 11.1 Å². The van der Waals surface area contributed by atoms with Crippen molar-refractivity contribution in [1.82, 2.24) is 0 Å². The van der Waals surface area contributed by atoms with Crippen LogP contribution in [0.5, 0.6) is 0 Å². The second-order valence-electron chi connectivity index (χ2n) is 19.9. The van der Waals surface area contributed by atoms with E-state index in [1.807, 2.05) is 0 Å². The molecule has 0 unspecified atom stereocenters. The minimum Gasteiger partial charge on any atom is -0.310 e. The molecule has 0 saturated carbocycles. The van der Waals surface area contributed by atoms with Gasteiger partial charge in [-0.1, -0.05) is 273 Å². The van der Waals surface area contributed by atoms with Crippen molar-refractivity contribution in [2.75, 3.05) is 4.90 Å². The van der Waals surface area contributed by atoms with Crippen LogP contribution in [0.1, 0.15) is 22.3 Å². The van der Waals surface area contributed by atoms with Crippen molar-refractivity contribution in [3.63, 3.8) is 0 Å². The number of anilines is 3. The molecule has 0 aromatic heterocycles. The Morgan fingerprint density at radius 2 is 0.658 bits per heavy atom. The molecule has 1 aliphatic carbocycles. The highest BCUT2D eigenvalue weighted by Crippen LogP contribution is 2.58. The van der Waals surface area contributed by atoms with E-state index >= 15 is 0 Å². The van der Waals surface area contributed by atoms with E-state index in [0.29, 0.717) is 0 Å². The number of para-hydroxylation sites is 1. The quantitative estimate of drug-likeness (QED) is 0.123. The van der Waals surface area contributed by atoms with Gasteiger partial charge in [-0.25, -0.2) is 0 Å². The zero-order valence-corrected chi connectivity index (χ0v) is 41.9. The van der Waals surface area contributed by atoms with Gasteiger partial charge in [0, 0.05) is 16.9 Å². The molecule has 1 heteroatoms. The molecule has 0 bridgehead atoms. The van der Waals surface area contributed by atoms with Crippen molar-refractivity contribution in [3.05, 3.63) is 332 Å². The van der Waals surface area contributed by atoms with Crippen LogP contribution in [0.3, 0.4) is 0 Å². The van der Waals surface area contributed by atoms with E-state index in [1.54, 1.807) is 0 Å². The molecule has 0 N–H and O–H groups in total. The van der Waals surface area contributed by atoms with E-state index in [1.165, 1.54) is 99.4 Å². The number of hydrogen-bond donors (Lipinski definition) is 0. The summed E-state index contributed by atoms with van der Waals surface area (Å²) >= 11 is 0. The van der Waals surface area contributed by atoms with Gasteiger partial charge in [-0.05, 0) is 141 Å². The fraction of sp³-hybridized carbons (Fsp3) is 0.0133. The highest BCUT2D eigenvalue weighted by Gasteiger charge is 2.46. The van der Waals surface area contributed by atoms with Gasteiger partial charge < -0.3 is 4.90 Å². The maximum Gasteiger partial charge on any atom is 0.0713 e. The van der Waals surface area contributed by atoms with Crippen LogP contribution in [0, 0.1) is 0 Å². The summed E-state index contributed by atoms with van der Waals surface area (Å²) in [5.74, 6) is 0. The molecule has 13 aromatic carbocycles. The summed E-state index contributed by atoms with van der Waals surface area (Å²) in [6, 6.07) is 114. The largest absolute Gasteiger partial charge is 0.310 e. The molecule has 0 amide bonds. The third-order valence-corrected chi connectivity index (χ3v) is 15.7. The minimum atomic E-state index is -0.516. The molecule has 1 aliphatic rings. The summed E-state index contributed by atoms with van der Waals surface area (Å²) < 4.78 is 0. The third kappa shape index (κ3) is 7.39. The van der Waals surface area contributed by atoms with E-state index in [4.69, 9.17) is 0 Å². The topological polar surface area (TPSA) is 3.24 Å². The Morgan fingerprint density at radius 3 is 1.28 bits per heavy atom. The standard InChI is InChI=1S/C75H51N/c1-7-25-52(26-8-1)61-47-44-59(50-67(61)53-27-9-2-10-28-53)76(60-45-48-71-68(51-60)65-39-21-23-41-70(65)75(71,57-33-15-5-16-34-57)58-35-17-6-18-36-58)72-42-24-22-37-62(72)56-43-46-64-63-38-19-20-40-66(63)73(54-29-11-3-12-30-54)74(69(64)49-56)55-31-13-4-14-32-55/h1-51H. The van der Waals surface area contributed by atoms with Crippen molar-refractivity contribution < 1.29 is 0 Å². The lowest BCUT2D eigenvalue weighted by atomic mass is 9.68. The molecule has 0 heterocycles. The zero-order valence-electron chi connectivity index (χ0n) is 41.9. The monoisotopic (exact) mass is 965 g/mol. The number of fused-ring (bicyclic) bond motifs is 6. The molecule has 356 valence electrons. The Hall–Kier alpha value is -9.82. The molecule has 14 rings (SSSR count). The summed E-state index contributed by atoms with van der Waals surface area (Å²) in [5.41, 5.74) is 22.1. The van der Waals surface area contributed by atoms with Crippen molar-refractivity contribution in [1.29, 1.82) is 0 Å². The lowest BCUT2D eigenvalue weighted by Gasteiger charge is -2.34. The van der Waals surface area contributed by atoms with Crippen molar-refractivity contribution in [2.45, 2.75) is 5.41 Å². The molecule has 0 saturated heterocycles. The minimum absolute atomic E-state index is 0.516. The van der Waals surface area contributed by atoms with Crippen molar-refractivity contribution in [2.24, 2.45) is 0 Å². The molecule has 76 heavy (non-hydrogen) atoms. The normalized spacial score (nSPS) is 12.3. The average molecular weight is 966 g/mol. The van der Waals surface area contributed by atoms with E-state index in [9.17, 15) is 0 Å². The van der Waals surface area contributed by atoms with Crippen LogP contribution in [0.25, 0.3) is 88.3 Å².